The van der Waals surface area contributed by atoms with Crippen LogP contribution in [-0.4, -0.2) is 84.9 Å². The zero-order chi connectivity index (χ0) is 21.6. The number of piperazine rings is 1. The summed E-state index contributed by atoms with van der Waals surface area (Å²) in [4.78, 5) is 11.9. The van der Waals surface area contributed by atoms with Crippen LogP contribution in [0.15, 0.2) is 41.7 Å². The van der Waals surface area contributed by atoms with Gasteiger partial charge < -0.3 is 15.1 Å². The van der Waals surface area contributed by atoms with Crippen molar-refractivity contribution in [2.75, 3.05) is 64.3 Å². The molecule has 1 N–H and O–H groups in total. The number of likely N-dealkylation sites (tertiary alicyclic amines) is 1. The SMILES string of the molecule is CN=C(NCCCN1CCN(c2cccc(Cl)c2)CC1)N1CCC(c2cnn(C)c2)C1.I. The molecule has 1 aromatic heterocycles. The standard InChI is InChI=1S/C23H34ClN7.HI/c1-25-23(31-10-7-19(18-31)20-16-27-28(2)17-20)26-8-4-9-29-11-13-30(14-12-29)22-6-3-5-21(24)15-22;/h3,5-6,15-17,19H,4,7-14,18H2,1-2H3,(H,25,26);1H. The first-order chi connectivity index (χ1) is 15.1. The van der Waals surface area contributed by atoms with Crippen molar-refractivity contribution in [3.8, 4) is 0 Å². The van der Waals surface area contributed by atoms with Gasteiger partial charge in [-0.3, -0.25) is 14.6 Å². The highest BCUT2D eigenvalue weighted by Gasteiger charge is 2.26. The van der Waals surface area contributed by atoms with Crippen LogP contribution in [0.4, 0.5) is 5.69 Å². The highest BCUT2D eigenvalue weighted by atomic mass is 127. The quantitative estimate of drug-likeness (QED) is 0.250. The summed E-state index contributed by atoms with van der Waals surface area (Å²) in [5.41, 5.74) is 2.56. The fourth-order valence-corrected chi connectivity index (χ4v) is 4.80. The fraction of sp³-hybridized carbons (Fsp3) is 0.565. The molecule has 2 saturated heterocycles. The van der Waals surface area contributed by atoms with Crippen LogP contribution in [0.2, 0.25) is 5.02 Å². The second kappa shape index (κ2) is 12.1. The van der Waals surface area contributed by atoms with E-state index in [-0.39, 0.29) is 24.0 Å². The van der Waals surface area contributed by atoms with E-state index in [1.165, 1.54) is 11.3 Å². The molecule has 2 aromatic rings. The third-order valence-corrected chi connectivity index (χ3v) is 6.61. The Balaban J connectivity index is 0.00000289. The number of nitrogens with one attached hydrogen (secondary N) is 1. The lowest BCUT2D eigenvalue weighted by Crippen LogP contribution is -2.47. The summed E-state index contributed by atoms with van der Waals surface area (Å²) in [6, 6.07) is 8.17. The molecule has 176 valence electrons. The van der Waals surface area contributed by atoms with E-state index in [9.17, 15) is 0 Å². The van der Waals surface area contributed by atoms with E-state index in [0.29, 0.717) is 5.92 Å². The van der Waals surface area contributed by atoms with Gasteiger partial charge in [0.25, 0.3) is 0 Å². The Morgan fingerprint density at radius 2 is 2.03 bits per heavy atom. The molecule has 0 radical (unpaired) electrons. The van der Waals surface area contributed by atoms with Gasteiger partial charge in [-0.15, -0.1) is 24.0 Å². The second-order valence-electron chi connectivity index (χ2n) is 8.52. The highest BCUT2D eigenvalue weighted by molar-refractivity contribution is 14.0. The zero-order valence-corrected chi connectivity index (χ0v) is 22.2. The molecule has 0 aliphatic carbocycles. The zero-order valence-electron chi connectivity index (χ0n) is 19.1. The molecule has 3 heterocycles. The minimum absolute atomic E-state index is 0. The molecule has 1 unspecified atom stereocenters. The summed E-state index contributed by atoms with van der Waals surface area (Å²) >= 11 is 6.14. The Morgan fingerprint density at radius 3 is 2.72 bits per heavy atom. The number of nitrogens with zero attached hydrogens (tertiary/aromatic N) is 6. The Bertz CT molecular complexity index is 879. The minimum atomic E-state index is 0. The van der Waals surface area contributed by atoms with Crippen molar-refractivity contribution in [2.45, 2.75) is 18.8 Å². The van der Waals surface area contributed by atoms with Crippen LogP contribution in [0.25, 0.3) is 0 Å². The fourth-order valence-electron chi connectivity index (χ4n) is 4.61. The number of halogens is 2. The van der Waals surface area contributed by atoms with Gasteiger partial charge in [-0.2, -0.15) is 5.10 Å². The summed E-state index contributed by atoms with van der Waals surface area (Å²) in [5, 5.41) is 8.70. The number of rotatable bonds is 6. The van der Waals surface area contributed by atoms with Gasteiger partial charge in [0.2, 0.25) is 0 Å². The lowest BCUT2D eigenvalue weighted by molar-refractivity contribution is 0.255. The summed E-state index contributed by atoms with van der Waals surface area (Å²) in [6.45, 7) is 8.43. The molecule has 9 heteroatoms. The number of aryl methyl sites for hydroxylation is 1. The smallest absolute Gasteiger partial charge is 0.193 e. The number of anilines is 1. The molecule has 2 aliphatic heterocycles. The van der Waals surface area contributed by atoms with E-state index in [1.54, 1.807) is 0 Å². The van der Waals surface area contributed by atoms with E-state index < -0.39 is 0 Å². The summed E-state index contributed by atoms with van der Waals surface area (Å²) < 4.78 is 1.89. The Morgan fingerprint density at radius 1 is 1.22 bits per heavy atom. The van der Waals surface area contributed by atoms with Crippen LogP contribution in [0, 0.1) is 0 Å². The molecule has 4 rings (SSSR count). The lowest BCUT2D eigenvalue weighted by Gasteiger charge is -2.36. The third-order valence-electron chi connectivity index (χ3n) is 6.38. The number of hydrogen-bond acceptors (Lipinski definition) is 4. The monoisotopic (exact) mass is 571 g/mol. The van der Waals surface area contributed by atoms with Gasteiger partial charge in [-0.1, -0.05) is 17.7 Å². The van der Waals surface area contributed by atoms with Crippen LogP contribution in [0.5, 0.6) is 0 Å². The van der Waals surface area contributed by atoms with Gasteiger partial charge in [-0.25, -0.2) is 0 Å². The molecule has 0 saturated carbocycles. The van der Waals surface area contributed by atoms with Crippen molar-refractivity contribution in [1.82, 2.24) is 24.9 Å². The van der Waals surface area contributed by atoms with E-state index in [4.69, 9.17) is 11.6 Å². The van der Waals surface area contributed by atoms with E-state index in [1.807, 2.05) is 37.1 Å². The van der Waals surface area contributed by atoms with Crippen LogP contribution in [0.3, 0.4) is 0 Å². The molecular formula is C23H35ClIN7. The van der Waals surface area contributed by atoms with Gasteiger partial charge in [0.15, 0.2) is 5.96 Å². The molecule has 0 amide bonds. The number of benzene rings is 1. The average Bonchev–Trinajstić information content (AvgIpc) is 3.43. The summed E-state index contributed by atoms with van der Waals surface area (Å²) in [7, 11) is 3.86. The van der Waals surface area contributed by atoms with Crippen molar-refractivity contribution < 1.29 is 0 Å². The maximum Gasteiger partial charge on any atom is 0.193 e. The van der Waals surface area contributed by atoms with E-state index >= 15 is 0 Å². The van der Waals surface area contributed by atoms with Gasteiger partial charge in [0.05, 0.1) is 6.20 Å². The maximum absolute atomic E-state index is 6.14. The molecule has 2 aliphatic rings. The Kier molecular flexibility index (Phi) is 9.48. The van der Waals surface area contributed by atoms with Crippen molar-refractivity contribution in [2.24, 2.45) is 12.0 Å². The molecule has 0 spiro atoms. The van der Waals surface area contributed by atoms with Crippen LogP contribution >= 0.6 is 35.6 Å². The number of aliphatic imine (C=N–C) groups is 1. The van der Waals surface area contributed by atoms with Crippen LogP contribution < -0.4 is 10.2 Å². The molecule has 1 aromatic carbocycles. The maximum atomic E-state index is 6.14. The topological polar surface area (TPSA) is 51.9 Å². The normalized spacial score (nSPS) is 19.8. The molecule has 0 bridgehead atoms. The first kappa shape index (κ1) is 25.1. The van der Waals surface area contributed by atoms with E-state index in [0.717, 1.165) is 76.2 Å². The molecule has 2 fully saturated rings. The van der Waals surface area contributed by atoms with Crippen molar-refractivity contribution in [3.63, 3.8) is 0 Å². The van der Waals surface area contributed by atoms with Gasteiger partial charge in [0.1, 0.15) is 0 Å². The minimum Gasteiger partial charge on any atom is -0.369 e. The number of aromatic nitrogens is 2. The average molecular weight is 572 g/mol. The second-order valence-corrected chi connectivity index (χ2v) is 8.95. The molecular weight excluding hydrogens is 537 g/mol. The number of hydrogen-bond donors (Lipinski definition) is 1. The van der Waals surface area contributed by atoms with Crippen molar-refractivity contribution in [3.05, 3.63) is 47.2 Å². The highest BCUT2D eigenvalue weighted by Crippen LogP contribution is 2.26. The Hall–Kier alpha value is -1.52. The largest absolute Gasteiger partial charge is 0.369 e. The molecule has 32 heavy (non-hydrogen) atoms. The predicted octanol–water partition coefficient (Wildman–Crippen LogP) is 3.27. The van der Waals surface area contributed by atoms with Gasteiger partial charge >= 0.3 is 0 Å². The van der Waals surface area contributed by atoms with Crippen LogP contribution in [0.1, 0.15) is 24.3 Å². The number of guanidine groups is 1. The van der Waals surface area contributed by atoms with Crippen molar-refractivity contribution in [1.29, 1.82) is 0 Å². The van der Waals surface area contributed by atoms with Crippen LogP contribution in [-0.2, 0) is 7.05 Å². The van der Waals surface area contributed by atoms with Gasteiger partial charge in [-0.05, 0) is 43.1 Å². The molecule has 7 nitrogen and oxygen atoms in total. The first-order valence-electron chi connectivity index (χ1n) is 11.3. The molecule has 1 atom stereocenters. The summed E-state index contributed by atoms with van der Waals surface area (Å²) in [6.07, 6.45) is 6.41. The Labute approximate surface area is 213 Å². The van der Waals surface area contributed by atoms with Gasteiger partial charge in [0, 0.05) is 82.7 Å². The first-order valence-corrected chi connectivity index (χ1v) is 11.7. The van der Waals surface area contributed by atoms with E-state index in [2.05, 4.69) is 48.4 Å². The predicted molar refractivity (Wildman–Crippen MR) is 144 cm³/mol. The third kappa shape index (κ3) is 6.51. The lowest BCUT2D eigenvalue weighted by atomic mass is 10.0. The van der Waals surface area contributed by atoms with Crippen molar-refractivity contribution >= 4 is 47.2 Å². The summed E-state index contributed by atoms with van der Waals surface area (Å²) in [5.74, 6) is 1.57.